The molecule has 2 rings (SSSR count). The first-order valence-corrected chi connectivity index (χ1v) is 5.58. The van der Waals surface area contributed by atoms with Crippen molar-refractivity contribution in [2.75, 3.05) is 18.4 Å². The number of nitrogens with zero attached hydrogens (tertiary/aromatic N) is 2. The van der Waals surface area contributed by atoms with Crippen LogP contribution in [0.25, 0.3) is 0 Å². The Hall–Kier alpha value is -1.73. The highest BCUT2D eigenvalue weighted by atomic mass is 35.5. The third-order valence-electron chi connectivity index (χ3n) is 1.86. The maximum atomic E-state index is 8.36. The monoisotopic (exact) mass is 292 g/mol. The molecule has 1 aliphatic heterocycles. The van der Waals surface area contributed by atoms with Crippen molar-refractivity contribution in [2.45, 2.75) is 0 Å². The SMILES string of the molecule is Clc1ccc(Cl)c(NC2=NCCN2)c1.O=[N+]([O-])O. The standard InChI is InChI=1S/C9H9Cl2N3.HNO3/c10-6-1-2-7(11)8(5-6)14-9-12-3-4-13-9;2-1(3)4/h1-2,5H,3-4H2,(H2,12,13,14);(H,2,3,4). The maximum Gasteiger partial charge on any atom is 0.291 e. The topological polar surface area (TPSA) is 99.8 Å². The Kier molecular flexibility index (Phi) is 5.47. The summed E-state index contributed by atoms with van der Waals surface area (Å²) >= 11 is 11.8. The molecule has 0 aliphatic carbocycles. The molecule has 7 nitrogen and oxygen atoms in total. The van der Waals surface area contributed by atoms with Crippen molar-refractivity contribution < 1.29 is 10.3 Å². The number of hydrogen-bond acceptors (Lipinski definition) is 5. The zero-order chi connectivity index (χ0) is 13.5. The van der Waals surface area contributed by atoms with E-state index in [1.54, 1.807) is 18.2 Å². The van der Waals surface area contributed by atoms with Crippen molar-refractivity contribution in [1.82, 2.24) is 5.32 Å². The molecule has 1 aromatic rings. The minimum atomic E-state index is -1.50. The number of hydrogen-bond donors (Lipinski definition) is 3. The quantitative estimate of drug-likeness (QED) is 0.543. The van der Waals surface area contributed by atoms with Crippen LogP contribution in [0, 0.1) is 10.1 Å². The lowest BCUT2D eigenvalue weighted by Crippen LogP contribution is -2.26. The second-order valence-electron chi connectivity index (χ2n) is 3.14. The highest BCUT2D eigenvalue weighted by Crippen LogP contribution is 2.25. The number of guanidine groups is 1. The summed E-state index contributed by atoms with van der Waals surface area (Å²) in [6.45, 7) is 1.65. The summed E-state index contributed by atoms with van der Waals surface area (Å²) in [5.74, 6) is 0.745. The molecule has 18 heavy (non-hydrogen) atoms. The van der Waals surface area contributed by atoms with Crippen LogP contribution < -0.4 is 10.6 Å². The van der Waals surface area contributed by atoms with Crippen molar-refractivity contribution in [3.05, 3.63) is 38.4 Å². The Morgan fingerprint density at radius 2 is 2.17 bits per heavy atom. The summed E-state index contributed by atoms with van der Waals surface area (Å²) in [5.41, 5.74) is 0.771. The van der Waals surface area contributed by atoms with Gasteiger partial charge in [0.2, 0.25) is 0 Å². The molecule has 0 fully saturated rings. The second kappa shape index (κ2) is 6.87. The average Bonchev–Trinajstić information content (AvgIpc) is 2.75. The van der Waals surface area contributed by atoms with Gasteiger partial charge in [0.1, 0.15) is 0 Å². The largest absolute Gasteiger partial charge is 0.354 e. The Balaban J connectivity index is 0.000000357. The summed E-state index contributed by atoms with van der Waals surface area (Å²) in [7, 11) is 0. The highest BCUT2D eigenvalue weighted by molar-refractivity contribution is 6.35. The lowest BCUT2D eigenvalue weighted by molar-refractivity contribution is -0.742. The summed E-state index contributed by atoms with van der Waals surface area (Å²) < 4.78 is 0. The molecule has 1 aliphatic rings. The molecule has 1 heterocycles. The molecule has 0 unspecified atom stereocenters. The minimum absolute atomic E-state index is 0.630. The summed E-state index contributed by atoms with van der Waals surface area (Å²) in [6, 6.07) is 5.27. The van der Waals surface area contributed by atoms with Gasteiger partial charge in [0, 0.05) is 11.6 Å². The van der Waals surface area contributed by atoms with Gasteiger partial charge < -0.3 is 15.8 Å². The lowest BCUT2D eigenvalue weighted by atomic mass is 10.3. The molecule has 0 saturated carbocycles. The van der Waals surface area contributed by atoms with E-state index in [1.165, 1.54) is 0 Å². The number of rotatable bonds is 1. The predicted octanol–water partition coefficient (Wildman–Crippen LogP) is 2.02. The van der Waals surface area contributed by atoms with Crippen LogP contribution >= 0.6 is 23.2 Å². The molecule has 0 aromatic heterocycles. The predicted molar refractivity (Wildman–Crippen MR) is 69.2 cm³/mol. The molecule has 0 radical (unpaired) electrons. The van der Waals surface area contributed by atoms with Crippen molar-refractivity contribution >= 4 is 34.8 Å². The van der Waals surface area contributed by atoms with Gasteiger partial charge in [-0.1, -0.05) is 23.2 Å². The van der Waals surface area contributed by atoms with Gasteiger partial charge in [0.25, 0.3) is 5.09 Å². The first kappa shape index (κ1) is 14.3. The Morgan fingerprint density at radius 3 is 2.72 bits per heavy atom. The number of anilines is 1. The molecule has 0 bridgehead atoms. The first-order valence-electron chi connectivity index (χ1n) is 4.82. The zero-order valence-electron chi connectivity index (χ0n) is 9.06. The molecule has 0 spiro atoms. The van der Waals surface area contributed by atoms with E-state index in [0.717, 1.165) is 24.7 Å². The van der Waals surface area contributed by atoms with Crippen molar-refractivity contribution in [3.8, 4) is 0 Å². The van der Waals surface area contributed by atoms with E-state index in [2.05, 4.69) is 15.6 Å². The van der Waals surface area contributed by atoms with Crippen molar-refractivity contribution in [2.24, 2.45) is 4.99 Å². The van der Waals surface area contributed by atoms with Gasteiger partial charge in [-0.25, -0.2) is 0 Å². The summed E-state index contributed by atoms with van der Waals surface area (Å²) in [4.78, 5) is 12.6. The van der Waals surface area contributed by atoms with Crippen LogP contribution in [-0.2, 0) is 0 Å². The van der Waals surface area contributed by atoms with E-state index in [4.69, 9.17) is 38.5 Å². The van der Waals surface area contributed by atoms with E-state index in [-0.39, 0.29) is 0 Å². The van der Waals surface area contributed by atoms with E-state index >= 15 is 0 Å². The maximum absolute atomic E-state index is 8.36. The van der Waals surface area contributed by atoms with Crippen molar-refractivity contribution in [3.63, 3.8) is 0 Å². The van der Waals surface area contributed by atoms with Crippen LogP contribution in [0.4, 0.5) is 5.69 Å². The fourth-order valence-corrected chi connectivity index (χ4v) is 1.54. The third-order valence-corrected chi connectivity index (χ3v) is 2.42. The van der Waals surface area contributed by atoms with E-state index in [0.29, 0.717) is 10.0 Å². The summed E-state index contributed by atoms with van der Waals surface area (Å²) in [5, 5.41) is 21.1. The normalized spacial score (nSPS) is 12.9. The second-order valence-corrected chi connectivity index (χ2v) is 3.99. The third kappa shape index (κ3) is 5.07. The number of aliphatic imine (C=N–C) groups is 1. The Bertz CT molecular complexity index is 463. The number of nitrogens with one attached hydrogen (secondary N) is 2. The Morgan fingerprint density at radius 1 is 1.50 bits per heavy atom. The number of benzene rings is 1. The minimum Gasteiger partial charge on any atom is -0.354 e. The van der Waals surface area contributed by atoms with Gasteiger partial charge in [-0.15, -0.1) is 10.1 Å². The fraction of sp³-hybridized carbons (Fsp3) is 0.222. The fourth-order valence-electron chi connectivity index (χ4n) is 1.20. The molecule has 9 heteroatoms. The van der Waals surface area contributed by atoms with E-state index in [9.17, 15) is 0 Å². The van der Waals surface area contributed by atoms with Crippen LogP contribution in [0.2, 0.25) is 10.0 Å². The van der Waals surface area contributed by atoms with Crippen LogP contribution in [0.3, 0.4) is 0 Å². The molecule has 0 saturated heterocycles. The molecule has 0 amide bonds. The van der Waals surface area contributed by atoms with E-state index in [1.807, 2.05) is 0 Å². The van der Waals surface area contributed by atoms with Gasteiger partial charge in [-0.05, 0) is 18.2 Å². The first-order chi connectivity index (χ1) is 8.49. The van der Waals surface area contributed by atoms with Crippen molar-refractivity contribution in [1.29, 1.82) is 0 Å². The van der Waals surface area contributed by atoms with Gasteiger partial charge in [0.15, 0.2) is 5.96 Å². The van der Waals surface area contributed by atoms with Crippen LogP contribution in [0.5, 0.6) is 0 Å². The van der Waals surface area contributed by atoms with Gasteiger partial charge in [-0.2, -0.15) is 0 Å². The zero-order valence-corrected chi connectivity index (χ0v) is 10.6. The molecular weight excluding hydrogens is 283 g/mol. The highest BCUT2D eigenvalue weighted by Gasteiger charge is 2.07. The average molecular weight is 293 g/mol. The molecular formula is C9H10Cl2N4O3. The van der Waals surface area contributed by atoms with Gasteiger partial charge in [0.05, 0.1) is 17.3 Å². The molecule has 1 aromatic carbocycles. The molecule has 0 atom stereocenters. The molecule has 3 N–H and O–H groups in total. The van der Waals surface area contributed by atoms with Gasteiger partial charge >= 0.3 is 0 Å². The van der Waals surface area contributed by atoms with E-state index < -0.39 is 5.09 Å². The van der Waals surface area contributed by atoms with Crippen LogP contribution in [0.1, 0.15) is 0 Å². The lowest BCUT2D eigenvalue weighted by Gasteiger charge is -2.08. The molecule has 98 valence electrons. The van der Waals surface area contributed by atoms with Crippen LogP contribution in [-0.4, -0.2) is 29.3 Å². The van der Waals surface area contributed by atoms with Crippen LogP contribution in [0.15, 0.2) is 23.2 Å². The smallest absolute Gasteiger partial charge is 0.291 e. The number of halogens is 2. The Labute approximate surface area is 113 Å². The summed E-state index contributed by atoms with van der Waals surface area (Å²) in [6.07, 6.45) is 0. The van der Waals surface area contributed by atoms with Gasteiger partial charge in [-0.3, -0.25) is 4.99 Å².